The monoisotopic (exact) mass is 318 g/mol. The zero-order valence-corrected chi connectivity index (χ0v) is 13.5. The van der Waals surface area contributed by atoms with E-state index in [0.717, 1.165) is 19.6 Å². The number of likely N-dealkylation sites (N-methyl/N-ethyl adjacent to an activating group) is 1. The molecule has 7 heteroatoms. The van der Waals surface area contributed by atoms with E-state index in [4.69, 9.17) is 0 Å². The Bertz CT molecular complexity index is 577. The third-order valence-electron chi connectivity index (χ3n) is 3.76. The molecule has 0 bridgehead atoms. The van der Waals surface area contributed by atoms with E-state index >= 15 is 0 Å². The number of piperazine rings is 1. The number of hydrogen-bond donors (Lipinski definition) is 2. The molecule has 1 aromatic rings. The van der Waals surface area contributed by atoms with Crippen LogP contribution in [0.15, 0.2) is 24.3 Å². The maximum Gasteiger partial charge on any atom is 0.313 e. The van der Waals surface area contributed by atoms with Gasteiger partial charge in [0.25, 0.3) is 0 Å². The van der Waals surface area contributed by atoms with Crippen molar-refractivity contribution >= 4 is 29.1 Å². The maximum atomic E-state index is 12.1. The number of rotatable bonds is 3. The third kappa shape index (κ3) is 4.79. The Kier molecular flexibility index (Phi) is 5.70. The smallest absolute Gasteiger partial charge is 0.313 e. The number of nitrogens with one attached hydrogen (secondary N) is 2. The first-order valence-electron chi connectivity index (χ1n) is 7.70. The highest BCUT2D eigenvalue weighted by Gasteiger charge is 2.25. The van der Waals surface area contributed by atoms with E-state index in [0.29, 0.717) is 24.5 Å². The second-order valence-corrected chi connectivity index (χ2v) is 5.44. The zero-order chi connectivity index (χ0) is 16.8. The minimum atomic E-state index is -0.637. The van der Waals surface area contributed by atoms with Gasteiger partial charge < -0.3 is 20.4 Å². The lowest BCUT2D eigenvalue weighted by atomic mass is 10.2. The molecule has 7 nitrogen and oxygen atoms in total. The Labute approximate surface area is 135 Å². The van der Waals surface area contributed by atoms with Crippen molar-refractivity contribution in [2.45, 2.75) is 13.8 Å². The summed E-state index contributed by atoms with van der Waals surface area (Å²) in [7, 11) is 0. The molecular weight excluding hydrogens is 296 g/mol. The molecule has 0 spiro atoms. The van der Waals surface area contributed by atoms with Crippen LogP contribution in [0, 0.1) is 0 Å². The molecule has 0 saturated carbocycles. The molecule has 1 heterocycles. The molecule has 1 saturated heterocycles. The Morgan fingerprint density at radius 2 is 1.48 bits per heavy atom. The van der Waals surface area contributed by atoms with Gasteiger partial charge in [0, 0.05) is 44.5 Å². The summed E-state index contributed by atoms with van der Waals surface area (Å²) in [5.41, 5.74) is 1.15. The molecule has 0 atom stereocenters. The van der Waals surface area contributed by atoms with Crippen molar-refractivity contribution in [2.24, 2.45) is 0 Å². The molecule has 1 aromatic carbocycles. The molecular formula is C16H22N4O3. The van der Waals surface area contributed by atoms with Crippen LogP contribution in [0.4, 0.5) is 11.4 Å². The highest BCUT2D eigenvalue weighted by atomic mass is 16.2. The first-order valence-corrected chi connectivity index (χ1v) is 7.70. The van der Waals surface area contributed by atoms with Gasteiger partial charge in [-0.3, -0.25) is 14.4 Å². The van der Waals surface area contributed by atoms with Crippen molar-refractivity contribution in [3.05, 3.63) is 24.3 Å². The molecule has 3 amide bonds. The first kappa shape index (κ1) is 17.0. The van der Waals surface area contributed by atoms with Crippen molar-refractivity contribution in [3.63, 3.8) is 0 Å². The standard InChI is InChI=1S/C16H22N4O3/c1-3-19-8-10-20(11-9-19)16(23)15(22)18-14-6-4-13(5-7-14)17-12(2)21/h4-7H,3,8-11H2,1-2H3,(H,17,21)(H,18,22). The van der Waals surface area contributed by atoms with Crippen molar-refractivity contribution in [2.75, 3.05) is 43.4 Å². The minimum Gasteiger partial charge on any atom is -0.332 e. The molecule has 1 aliphatic rings. The fourth-order valence-corrected chi connectivity index (χ4v) is 2.44. The van der Waals surface area contributed by atoms with Crippen LogP contribution in [0.5, 0.6) is 0 Å². The summed E-state index contributed by atoms with van der Waals surface area (Å²) >= 11 is 0. The Morgan fingerprint density at radius 1 is 0.957 bits per heavy atom. The number of carbonyl (C=O) groups is 3. The summed E-state index contributed by atoms with van der Waals surface area (Å²) in [5, 5.41) is 5.23. The summed E-state index contributed by atoms with van der Waals surface area (Å²) < 4.78 is 0. The van der Waals surface area contributed by atoms with Crippen LogP contribution in [0.2, 0.25) is 0 Å². The van der Waals surface area contributed by atoms with Crippen molar-refractivity contribution in [3.8, 4) is 0 Å². The molecule has 2 rings (SSSR count). The topological polar surface area (TPSA) is 81.8 Å². The van der Waals surface area contributed by atoms with Crippen molar-refractivity contribution < 1.29 is 14.4 Å². The summed E-state index contributed by atoms with van der Waals surface area (Å²) in [6.07, 6.45) is 0. The van der Waals surface area contributed by atoms with Gasteiger partial charge in [0.1, 0.15) is 0 Å². The SMILES string of the molecule is CCN1CCN(C(=O)C(=O)Nc2ccc(NC(C)=O)cc2)CC1. The molecule has 0 radical (unpaired) electrons. The third-order valence-corrected chi connectivity index (χ3v) is 3.76. The number of amides is 3. The lowest BCUT2D eigenvalue weighted by molar-refractivity contribution is -0.144. The number of benzene rings is 1. The fraction of sp³-hybridized carbons (Fsp3) is 0.438. The second-order valence-electron chi connectivity index (χ2n) is 5.44. The van der Waals surface area contributed by atoms with Gasteiger partial charge in [0.05, 0.1) is 0 Å². The number of anilines is 2. The largest absolute Gasteiger partial charge is 0.332 e. The zero-order valence-electron chi connectivity index (χ0n) is 13.5. The Hall–Kier alpha value is -2.41. The van der Waals surface area contributed by atoms with Crippen molar-refractivity contribution in [1.29, 1.82) is 0 Å². The predicted molar refractivity (Wildman–Crippen MR) is 88.1 cm³/mol. The van der Waals surface area contributed by atoms with Gasteiger partial charge in [0.15, 0.2) is 0 Å². The lowest BCUT2D eigenvalue weighted by Crippen LogP contribution is -2.51. The van der Waals surface area contributed by atoms with Gasteiger partial charge in [-0.15, -0.1) is 0 Å². The number of carbonyl (C=O) groups excluding carboxylic acids is 3. The maximum absolute atomic E-state index is 12.1. The van der Waals surface area contributed by atoms with Crippen LogP contribution in [0.1, 0.15) is 13.8 Å². The van der Waals surface area contributed by atoms with Gasteiger partial charge in [0.2, 0.25) is 5.91 Å². The Morgan fingerprint density at radius 3 is 1.96 bits per heavy atom. The van der Waals surface area contributed by atoms with E-state index in [9.17, 15) is 14.4 Å². The van der Waals surface area contributed by atoms with Crippen LogP contribution < -0.4 is 10.6 Å². The molecule has 124 valence electrons. The molecule has 2 N–H and O–H groups in total. The van der Waals surface area contributed by atoms with Gasteiger partial charge >= 0.3 is 11.8 Å². The van der Waals surface area contributed by atoms with Gasteiger partial charge in [-0.25, -0.2) is 0 Å². The van der Waals surface area contributed by atoms with Gasteiger partial charge in [-0.2, -0.15) is 0 Å². The van der Waals surface area contributed by atoms with E-state index < -0.39 is 11.8 Å². The summed E-state index contributed by atoms with van der Waals surface area (Å²) in [6.45, 7) is 7.18. The van der Waals surface area contributed by atoms with Crippen LogP contribution in [-0.2, 0) is 14.4 Å². The molecule has 23 heavy (non-hydrogen) atoms. The van der Waals surface area contributed by atoms with Crippen LogP contribution >= 0.6 is 0 Å². The van der Waals surface area contributed by atoms with Crippen LogP contribution in [-0.4, -0.2) is 60.2 Å². The van der Waals surface area contributed by atoms with Crippen molar-refractivity contribution in [1.82, 2.24) is 9.80 Å². The molecule has 1 aliphatic heterocycles. The van der Waals surface area contributed by atoms with E-state index in [2.05, 4.69) is 22.5 Å². The Balaban J connectivity index is 1.88. The van der Waals surface area contributed by atoms with E-state index in [1.54, 1.807) is 29.2 Å². The second kappa shape index (κ2) is 7.73. The minimum absolute atomic E-state index is 0.164. The normalized spacial score (nSPS) is 15.1. The lowest BCUT2D eigenvalue weighted by Gasteiger charge is -2.33. The number of nitrogens with zero attached hydrogens (tertiary/aromatic N) is 2. The fourth-order valence-electron chi connectivity index (χ4n) is 2.44. The van der Waals surface area contributed by atoms with Gasteiger partial charge in [-0.1, -0.05) is 6.92 Å². The average Bonchev–Trinajstić information content (AvgIpc) is 2.55. The number of hydrogen-bond acceptors (Lipinski definition) is 4. The first-order chi connectivity index (χ1) is 11.0. The highest BCUT2D eigenvalue weighted by molar-refractivity contribution is 6.39. The van der Waals surface area contributed by atoms with Gasteiger partial charge in [-0.05, 0) is 30.8 Å². The molecule has 0 aromatic heterocycles. The molecule has 1 fully saturated rings. The molecule has 0 aliphatic carbocycles. The summed E-state index contributed by atoms with van der Waals surface area (Å²) in [4.78, 5) is 39.0. The molecule has 0 unspecified atom stereocenters. The van der Waals surface area contributed by atoms with Crippen LogP contribution in [0.25, 0.3) is 0 Å². The van der Waals surface area contributed by atoms with E-state index in [-0.39, 0.29) is 5.91 Å². The van der Waals surface area contributed by atoms with Crippen LogP contribution in [0.3, 0.4) is 0 Å². The summed E-state index contributed by atoms with van der Waals surface area (Å²) in [6, 6.07) is 6.62. The predicted octanol–water partition coefficient (Wildman–Crippen LogP) is 0.748. The quantitative estimate of drug-likeness (QED) is 0.806. The van der Waals surface area contributed by atoms with E-state index in [1.165, 1.54) is 6.92 Å². The highest BCUT2D eigenvalue weighted by Crippen LogP contribution is 2.14. The van der Waals surface area contributed by atoms with E-state index in [1.807, 2.05) is 0 Å². The average molecular weight is 318 g/mol. The summed E-state index contributed by atoms with van der Waals surface area (Å²) in [5.74, 6) is -1.31.